The quantitative estimate of drug-likeness (QED) is 0.860. The molecule has 5 nitrogen and oxygen atoms in total. The van der Waals surface area contributed by atoms with Crippen molar-refractivity contribution in [3.63, 3.8) is 0 Å². The molecule has 0 aliphatic rings. The van der Waals surface area contributed by atoms with Gasteiger partial charge in [-0.15, -0.1) is 0 Å². The molecule has 2 rings (SSSR count). The third kappa shape index (κ3) is 4.19. The van der Waals surface area contributed by atoms with E-state index in [4.69, 9.17) is 0 Å². The van der Waals surface area contributed by atoms with Gasteiger partial charge in [-0.2, -0.15) is 0 Å². The second-order valence-corrected chi connectivity index (χ2v) is 6.46. The van der Waals surface area contributed by atoms with Gasteiger partial charge in [0.1, 0.15) is 5.82 Å². The molecule has 1 aromatic heterocycles. The van der Waals surface area contributed by atoms with Crippen molar-refractivity contribution in [3.05, 3.63) is 48.2 Å². The number of sulfonamides is 1. The second-order valence-electron chi connectivity index (χ2n) is 4.78. The number of anilines is 2. The molecule has 1 aromatic carbocycles. The van der Waals surface area contributed by atoms with Gasteiger partial charge in [0.15, 0.2) is 0 Å². The number of aromatic nitrogens is 1. The molecule has 0 aliphatic carbocycles. The molecule has 0 saturated heterocycles. The summed E-state index contributed by atoms with van der Waals surface area (Å²) in [4.78, 5) is 4.35. The molecule has 2 aromatic rings. The molecule has 0 saturated carbocycles. The van der Waals surface area contributed by atoms with Crippen LogP contribution < -0.4 is 10.0 Å². The van der Waals surface area contributed by atoms with Crippen molar-refractivity contribution in [3.8, 4) is 0 Å². The third-order valence-electron chi connectivity index (χ3n) is 2.88. The first-order valence-corrected chi connectivity index (χ1v) is 8.29. The Morgan fingerprint density at radius 2 is 2.00 bits per heavy atom. The van der Waals surface area contributed by atoms with E-state index in [1.807, 2.05) is 13.0 Å². The number of benzene rings is 1. The lowest BCUT2D eigenvalue weighted by molar-refractivity contribution is 0.601. The van der Waals surface area contributed by atoms with Gasteiger partial charge in [-0.25, -0.2) is 13.4 Å². The molecule has 0 spiro atoms. The summed E-state index contributed by atoms with van der Waals surface area (Å²) < 4.78 is 27.0. The Morgan fingerprint density at radius 1 is 1.19 bits per heavy atom. The maximum Gasteiger partial charge on any atom is 0.263 e. The summed E-state index contributed by atoms with van der Waals surface area (Å²) in [7, 11) is -3.60. The Kier molecular flexibility index (Phi) is 4.80. The van der Waals surface area contributed by atoms with Crippen LogP contribution in [-0.4, -0.2) is 19.9 Å². The highest BCUT2D eigenvalue weighted by Gasteiger charge is 2.14. The van der Waals surface area contributed by atoms with Crippen LogP contribution in [0.2, 0.25) is 0 Å². The van der Waals surface area contributed by atoms with Crippen LogP contribution in [0, 0.1) is 6.92 Å². The highest BCUT2D eigenvalue weighted by molar-refractivity contribution is 7.92. The predicted octanol–water partition coefficient (Wildman–Crippen LogP) is 3.01. The van der Waals surface area contributed by atoms with Gasteiger partial charge < -0.3 is 5.32 Å². The fourth-order valence-electron chi connectivity index (χ4n) is 1.81. The molecule has 0 unspecified atom stereocenters. The lowest BCUT2D eigenvalue weighted by atomic mass is 10.2. The monoisotopic (exact) mass is 305 g/mol. The summed E-state index contributed by atoms with van der Waals surface area (Å²) in [6, 6.07) is 10.2. The minimum atomic E-state index is -3.60. The largest absolute Gasteiger partial charge is 0.384 e. The Hall–Kier alpha value is -2.08. The van der Waals surface area contributed by atoms with Crippen LogP contribution in [-0.2, 0) is 10.0 Å². The van der Waals surface area contributed by atoms with E-state index in [0.717, 1.165) is 24.2 Å². The fraction of sp³-hybridized carbons (Fsp3) is 0.267. The van der Waals surface area contributed by atoms with Gasteiger partial charge in [0.25, 0.3) is 10.0 Å². The zero-order valence-corrected chi connectivity index (χ0v) is 12.9. The SMILES string of the molecule is CCCNc1ccc(NS(=O)(=O)c2cccc(C)c2)nc1. The van der Waals surface area contributed by atoms with Crippen LogP contribution in [0.3, 0.4) is 0 Å². The molecule has 0 amide bonds. The van der Waals surface area contributed by atoms with E-state index in [-0.39, 0.29) is 4.90 Å². The zero-order chi connectivity index (χ0) is 15.3. The second kappa shape index (κ2) is 6.58. The summed E-state index contributed by atoms with van der Waals surface area (Å²) in [5.74, 6) is 0.304. The molecular formula is C15H19N3O2S. The molecule has 0 fully saturated rings. The molecule has 1 heterocycles. The number of hydrogen-bond donors (Lipinski definition) is 2. The highest BCUT2D eigenvalue weighted by atomic mass is 32.2. The first kappa shape index (κ1) is 15.3. The van der Waals surface area contributed by atoms with Gasteiger partial charge in [0, 0.05) is 6.54 Å². The van der Waals surface area contributed by atoms with E-state index < -0.39 is 10.0 Å². The summed E-state index contributed by atoms with van der Waals surface area (Å²) in [6.07, 6.45) is 2.63. The summed E-state index contributed by atoms with van der Waals surface area (Å²) >= 11 is 0. The van der Waals surface area contributed by atoms with E-state index >= 15 is 0 Å². The normalized spacial score (nSPS) is 11.1. The van der Waals surface area contributed by atoms with Gasteiger partial charge in [-0.05, 0) is 43.2 Å². The molecule has 6 heteroatoms. The first-order chi connectivity index (χ1) is 10.0. The minimum absolute atomic E-state index is 0.234. The van der Waals surface area contributed by atoms with Crippen molar-refractivity contribution >= 4 is 21.5 Å². The fourth-order valence-corrected chi connectivity index (χ4v) is 2.92. The number of pyridine rings is 1. The number of nitrogens with zero attached hydrogens (tertiary/aromatic N) is 1. The lowest BCUT2D eigenvalue weighted by Crippen LogP contribution is -2.14. The van der Waals surface area contributed by atoms with Crippen molar-refractivity contribution in [2.24, 2.45) is 0 Å². The summed E-state index contributed by atoms with van der Waals surface area (Å²) in [5, 5.41) is 3.18. The molecule has 0 bridgehead atoms. The highest BCUT2D eigenvalue weighted by Crippen LogP contribution is 2.16. The Bertz CT molecular complexity index is 697. The summed E-state index contributed by atoms with van der Waals surface area (Å²) in [5.41, 5.74) is 1.76. The van der Waals surface area contributed by atoms with Crippen LogP contribution in [0.4, 0.5) is 11.5 Å². The van der Waals surface area contributed by atoms with Gasteiger partial charge in [-0.3, -0.25) is 4.72 Å². The molecule has 21 heavy (non-hydrogen) atoms. The predicted molar refractivity (Wildman–Crippen MR) is 85.0 cm³/mol. The van der Waals surface area contributed by atoms with E-state index in [9.17, 15) is 8.42 Å². The van der Waals surface area contributed by atoms with Crippen molar-refractivity contribution in [1.82, 2.24) is 4.98 Å². The number of nitrogens with one attached hydrogen (secondary N) is 2. The van der Waals surface area contributed by atoms with Crippen molar-refractivity contribution < 1.29 is 8.42 Å². The Labute approximate surface area is 125 Å². The molecular weight excluding hydrogens is 286 g/mol. The number of aryl methyl sites for hydroxylation is 1. The van der Waals surface area contributed by atoms with Crippen LogP contribution >= 0.6 is 0 Å². The zero-order valence-electron chi connectivity index (χ0n) is 12.1. The lowest BCUT2D eigenvalue weighted by Gasteiger charge is -2.09. The van der Waals surface area contributed by atoms with Gasteiger partial charge in [-0.1, -0.05) is 19.1 Å². The van der Waals surface area contributed by atoms with Crippen LogP contribution in [0.5, 0.6) is 0 Å². The average Bonchev–Trinajstić information content (AvgIpc) is 2.46. The maximum absolute atomic E-state index is 12.2. The van der Waals surface area contributed by atoms with Gasteiger partial charge in [0.2, 0.25) is 0 Å². The summed E-state index contributed by atoms with van der Waals surface area (Å²) in [6.45, 7) is 4.78. The van der Waals surface area contributed by atoms with Crippen molar-refractivity contribution in [2.45, 2.75) is 25.2 Å². The van der Waals surface area contributed by atoms with Crippen molar-refractivity contribution in [1.29, 1.82) is 0 Å². The Balaban J connectivity index is 2.13. The number of hydrogen-bond acceptors (Lipinski definition) is 4. The van der Waals surface area contributed by atoms with E-state index in [2.05, 4.69) is 21.9 Å². The van der Waals surface area contributed by atoms with E-state index in [1.54, 1.807) is 36.5 Å². The molecule has 0 radical (unpaired) electrons. The van der Waals surface area contributed by atoms with Crippen LogP contribution in [0.1, 0.15) is 18.9 Å². The molecule has 112 valence electrons. The smallest absolute Gasteiger partial charge is 0.263 e. The van der Waals surface area contributed by atoms with E-state index in [1.165, 1.54) is 0 Å². The molecule has 0 aliphatic heterocycles. The molecule has 0 atom stereocenters. The first-order valence-electron chi connectivity index (χ1n) is 6.80. The van der Waals surface area contributed by atoms with Crippen LogP contribution in [0.25, 0.3) is 0 Å². The third-order valence-corrected chi connectivity index (χ3v) is 4.23. The number of rotatable bonds is 6. The van der Waals surface area contributed by atoms with Crippen LogP contribution in [0.15, 0.2) is 47.5 Å². The van der Waals surface area contributed by atoms with Crippen molar-refractivity contribution in [2.75, 3.05) is 16.6 Å². The van der Waals surface area contributed by atoms with E-state index in [0.29, 0.717) is 5.82 Å². The topological polar surface area (TPSA) is 71.1 Å². The minimum Gasteiger partial charge on any atom is -0.384 e. The molecule has 2 N–H and O–H groups in total. The average molecular weight is 305 g/mol. The maximum atomic E-state index is 12.2. The Morgan fingerprint density at radius 3 is 2.62 bits per heavy atom. The van der Waals surface area contributed by atoms with Gasteiger partial charge in [0.05, 0.1) is 16.8 Å². The standard InChI is InChI=1S/C15H19N3O2S/c1-3-9-16-13-7-8-15(17-11-13)18-21(19,20)14-6-4-5-12(2)10-14/h4-8,10-11,16H,3,9H2,1-2H3,(H,17,18). The van der Waals surface area contributed by atoms with Gasteiger partial charge >= 0.3 is 0 Å².